The third-order valence-electron chi connectivity index (χ3n) is 2.64. The molecule has 1 saturated carbocycles. The summed E-state index contributed by atoms with van der Waals surface area (Å²) in [7, 11) is 0. The van der Waals surface area contributed by atoms with Gasteiger partial charge in [-0.15, -0.1) is 0 Å². The fourth-order valence-electron chi connectivity index (χ4n) is 1.35. The van der Waals surface area contributed by atoms with Gasteiger partial charge in [-0.3, -0.25) is 14.9 Å². The number of nitrogens with zero attached hydrogens (tertiary/aromatic N) is 1. The van der Waals surface area contributed by atoms with Crippen molar-refractivity contribution in [3.8, 4) is 0 Å². The molecule has 0 bridgehead atoms. The average molecular weight is 239 g/mol. The number of benzene rings is 1. The van der Waals surface area contributed by atoms with Gasteiger partial charge < -0.3 is 11.1 Å². The molecule has 1 aliphatic rings. The van der Waals surface area contributed by atoms with E-state index in [1.54, 1.807) is 0 Å². The normalized spacial score (nSPS) is 16.4. The van der Waals surface area contributed by atoms with E-state index in [0.717, 1.165) is 12.1 Å². The number of hydrogen-bond acceptors (Lipinski definition) is 4. The van der Waals surface area contributed by atoms with Crippen molar-refractivity contribution in [2.75, 3.05) is 5.32 Å². The van der Waals surface area contributed by atoms with Gasteiger partial charge in [0.1, 0.15) is 0 Å². The molecule has 0 atom stereocenters. The highest BCUT2D eigenvalue weighted by Gasteiger charge is 2.46. The summed E-state index contributed by atoms with van der Waals surface area (Å²) in [5.41, 5.74) is 4.26. The number of nitrogens with two attached hydrogens (primary N) is 1. The summed E-state index contributed by atoms with van der Waals surface area (Å²) in [6, 6.07) is 3.16. The molecule has 17 heavy (non-hydrogen) atoms. The van der Waals surface area contributed by atoms with Crippen LogP contribution in [0.25, 0.3) is 0 Å². The molecular weight excluding hydrogens is 229 g/mol. The zero-order valence-electron chi connectivity index (χ0n) is 8.77. The molecule has 1 aromatic carbocycles. The highest BCUT2D eigenvalue weighted by atomic mass is 19.1. The van der Waals surface area contributed by atoms with Crippen LogP contribution >= 0.6 is 0 Å². The summed E-state index contributed by atoms with van der Waals surface area (Å²) in [4.78, 5) is 21.2. The highest BCUT2D eigenvalue weighted by Crippen LogP contribution is 2.33. The largest absolute Gasteiger partial charge is 0.324 e. The minimum Gasteiger partial charge on any atom is -0.324 e. The average Bonchev–Trinajstić information content (AvgIpc) is 3.00. The van der Waals surface area contributed by atoms with Gasteiger partial charge in [-0.05, 0) is 25.0 Å². The van der Waals surface area contributed by atoms with Crippen LogP contribution in [0.3, 0.4) is 0 Å². The van der Waals surface area contributed by atoms with Gasteiger partial charge in [-0.2, -0.15) is 4.39 Å². The summed E-state index contributed by atoms with van der Waals surface area (Å²) in [5, 5.41) is 12.9. The molecule has 0 aliphatic heterocycles. The van der Waals surface area contributed by atoms with Crippen LogP contribution in [-0.4, -0.2) is 16.4 Å². The zero-order chi connectivity index (χ0) is 12.6. The Hall–Kier alpha value is -2.02. The lowest BCUT2D eigenvalue weighted by Gasteiger charge is -2.09. The topological polar surface area (TPSA) is 98.3 Å². The summed E-state index contributed by atoms with van der Waals surface area (Å²) >= 11 is 0. The van der Waals surface area contributed by atoms with Crippen molar-refractivity contribution in [2.24, 2.45) is 5.73 Å². The fourth-order valence-corrected chi connectivity index (χ4v) is 1.35. The van der Waals surface area contributed by atoms with Gasteiger partial charge in [0.2, 0.25) is 11.7 Å². The Kier molecular flexibility index (Phi) is 2.55. The third kappa shape index (κ3) is 2.23. The molecule has 2 rings (SSSR count). The fraction of sp³-hybridized carbons (Fsp3) is 0.300. The number of nitro groups is 1. The molecule has 0 radical (unpaired) electrons. The SMILES string of the molecule is NC1(C(=O)Nc2ccc(F)c([N+](=O)[O-])c2)CC1. The van der Waals surface area contributed by atoms with Crippen LogP contribution in [0.4, 0.5) is 15.8 Å². The molecule has 1 aromatic rings. The molecule has 1 amide bonds. The second kappa shape index (κ2) is 3.77. The number of anilines is 1. The minimum atomic E-state index is -0.943. The molecule has 0 unspecified atom stereocenters. The maximum absolute atomic E-state index is 13.0. The summed E-state index contributed by atoms with van der Waals surface area (Å²) < 4.78 is 13.0. The Labute approximate surface area is 95.8 Å². The van der Waals surface area contributed by atoms with E-state index in [1.165, 1.54) is 6.07 Å². The smallest absolute Gasteiger partial charge is 0.306 e. The van der Waals surface area contributed by atoms with Gasteiger partial charge in [-0.25, -0.2) is 0 Å². The first-order valence-corrected chi connectivity index (χ1v) is 4.97. The molecule has 1 fully saturated rings. The van der Waals surface area contributed by atoms with E-state index in [0.29, 0.717) is 12.8 Å². The maximum Gasteiger partial charge on any atom is 0.306 e. The molecule has 1 aliphatic carbocycles. The number of amides is 1. The number of carbonyl (C=O) groups excluding carboxylic acids is 1. The van der Waals surface area contributed by atoms with Gasteiger partial charge in [0.05, 0.1) is 10.5 Å². The highest BCUT2D eigenvalue weighted by molar-refractivity contribution is 6.00. The molecule has 0 heterocycles. The van der Waals surface area contributed by atoms with E-state index in [9.17, 15) is 19.3 Å². The maximum atomic E-state index is 13.0. The molecule has 3 N–H and O–H groups in total. The Balaban J connectivity index is 2.19. The zero-order valence-corrected chi connectivity index (χ0v) is 8.77. The number of carbonyl (C=O) groups is 1. The lowest BCUT2D eigenvalue weighted by Crippen LogP contribution is -2.37. The minimum absolute atomic E-state index is 0.167. The van der Waals surface area contributed by atoms with Crippen LogP contribution in [0.2, 0.25) is 0 Å². The van der Waals surface area contributed by atoms with Crippen LogP contribution in [0.5, 0.6) is 0 Å². The third-order valence-corrected chi connectivity index (χ3v) is 2.64. The van der Waals surface area contributed by atoms with Crippen LogP contribution < -0.4 is 11.1 Å². The summed E-state index contributed by atoms with van der Waals surface area (Å²) in [6.07, 6.45) is 1.17. The lowest BCUT2D eigenvalue weighted by atomic mass is 10.2. The van der Waals surface area contributed by atoms with E-state index in [1.807, 2.05) is 0 Å². The van der Waals surface area contributed by atoms with E-state index in [-0.39, 0.29) is 5.69 Å². The van der Waals surface area contributed by atoms with Crippen LogP contribution in [0, 0.1) is 15.9 Å². The van der Waals surface area contributed by atoms with Gasteiger partial charge in [0.15, 0.2) is 0 Å². The van der Waals surface area contributed by atoms with Crippen molar-refractivity contribution in [1.82, 2.24) is 0 Å². The number of rotatable bonds is 3. The van der Waals surface area contributed by atoms with E-state index < -0.39 is 27.9 Å². The number of halogens is 1. The first-order chi connectivity index (χ1) is 7.92. The van der Waals surface area contributed by atoms with Crippen molar-refractivity contribution in [2.45, 2.75) is 18.4 Å². The van der Waals surface area contributed by atoms with Gasteiger partial charge in [0.25, 0.3) is 0 Å². The van der Waals surface area contributed by atoms with Gasteiger partial charge >= 0.3 is 5.69 Å². The second-order valence-corrected chi connectivity index (χ2v) is 4.03. The lowest BCUT2D eigenvalue weighted by molar-refractivity contribution is -0.387. The molecular formula is C10H10FN3O3. The van der Waals surface area contributed by atoms with Crippen molar-refractivity contribution in [3.05, 3.63) is 34.1 Å². The predicted molar refractivity (Wildman–Crippen MR) is 57.8 cm³/mol. The summed E-state index contributed by atoms with van der Waals surface area (Å²) in [5.74, 6) is -1.35. The van der Waals surface area contributed by atoms with E-state index in [2.05, 4.69) is 5.32 Å². The molecule has 0 aromatic heterocycles. The van der Waals surface area contributed by atoms with Crippen molar-refractivity contribution < 1.29 is 14.1 Å². The van der Waals surface area contributed by atoms with E-state index >= 15 is 0 Å². The van der Waals surface area contributed by atoms with Gasteiger partial charge in [-0.1, -0.05) is 0 Å². The Morgan fingerprint density at radius 1 is 1.53 bits per heavy atom. The quantitative estimate of drug-likeness (QED) is 0.610. The predicted octanol–water partition coefficient (Wildman–Crippen LogP) is 1.16. The first-order valence-electron chi connectivity index (χ1n) is 4.97. The Morgan fingerprint density at radius 3 is 2.71 bits per heavy atom. The standard InChI is InChI=1S/C10H10FN3O3/c11-7-2-1-6(5-8(7)14(16)17)13-9(15)10(12)3-4-10/h1-2,5H,3-4,12H2,(H,13,15). The number of nitrogens with one attached hydrogen (secondary N) is 1. The van der Waals surface area contributed by atoms with Gasteiger partial charge in [0, 0.05) is 11.8 Å². The van der Waals surface area contributed by atoms with Crippen LogP contribution in [0.1, 0.15) is 12.8 Å². The van der Waals surface area contributed by atoms with E-state index in [4.69, 9.17) is 5.73 Å². The molecule has 6 nitrogen and oxygen atoms in total. The van der Waals surface area contributed by atoms with Crippen LogP contribution in [0.15, 0.2) is 18.2 Å². The Bertz CT molecular complexity index is 500. The molecule has 0 spiro atoms. The van der Waals surface area contributed by atoms with Crippen molar-refractivity contribution in [3.63, 3.8) is 0 Å². The summed E-state index contributed by atoms with van der Waals surface area (Å²) in [6.45, 7) is 0. The Morgan fingerprint density at radius 2 is 2.18 bits per heavy atom. The molecule has 90 valence electrons. The number of hydrogen-bond donors (Lipinski definition) is 2. The molecule has 0 saturated heterocycles. The van der Waals surface area contributed by atoms with Crippen molar-refractivity contribution >= 4 is 17.3 Å². The molecule has 7 heteroatoms. The van der Waals surface area contributed by atoms with Crippen LogP contribution in [-0.2, 0) is 4.79 Å². The monoisotopic (exact) mass is 239 g/mol. The van der Waals surface area contributed by atoms with Crippen molar-refractivity contribution in [1.29, 1.82) is 0 Å². The first kappa shape index (κ1) is 11.5. The number of nitro benzene ring substituents is 1. The second-order valence-electron chi connectivity index (χ2n) is 4.03.